The van der Waals surface area contributed by atoms with Crippen molar-refractivity contribution in [2.24, 2.45) is 10.9 Å². The van der Waals surface area contributed by atoms with Crippen molar-refractivity contribution >= 4 is 29.4 Å². The lowest BCUT2D eigenvalue weighted by molar-refractivity contribution is -0.0213. The molecule has 6 heteroatoms. The lowest BCUT2D eigenvalue weighted by Gasteiger charge is -2.42. The predicted molar refractivity (Wildman–Crippen MR) is 84.4 cm³/mol. The van der Waals surface area contributed by atoms with Crippen molar-refractivity contribution in [3.8, 4) is 0 Å². The number of rotatable bonds is 5. The molecule has 0 amide bonds. The molecule has 0 saturated carbocycles. The fraction of sp³-hybridized carbons (Fsp3) is 0.786. The molecule has 1 atom stereocenters. The van der Waals surface area contributed by atoms with E-state index in [9.17, 15) is 0 Å². The van der Waals surface area contributed by atoms with Gasteiger partial charge in [0.15, 0.2) is 6.29 Å². The normalized spacial score (nSPS) is 24.9. The molecular formula is C14H23Cl2N3O. The van der Waals surface area contributed by atoms with Gasteiger partial charge in [-0.1, -0.05) is 25.4 Å². The summed E-state index contributed by atoms with van der Waals surface area (Å²) in [4.78, 5) is 9.22. The molecule has 2 rings (SSSR count). The van der Waals surface area contributed by atoms with E-state index in [4.69, 9.17) is 32.9 Å². The maximum Gasteiger partial charge on any atom is 0.179 e. The summed E-state index contributed by atoms with van der Waals surface area (Å²) in [6, 6.07) is 0. The van der Waals surface area contributed by atoms with E-state index in [-0.39, 0.29) is 6.29 Å². The first-order valence-corrected chi connectivity index (χ1v) is 8.11. The molecule has 2 aliphatic rings. The van der Waals surface area contributed by atoms with Gasteiger partial charge in [-0.2, -0.15) is 0 Å². The highest BCUT2D eigenvalue weighted by molar-refractivity contribution is 6.31. The second kappa shape index (κ2) is 7.64. The van der Waals surface area contributed by atoms with Crippen LogP contribution >= 0.6 is 23.2 Å². The van der Waals surface area contributed by atoms with Gasteiger partial charge in [0.05, 0.1) is 13.2 Å². The van der Waals surface area contributed by atoms with Crippen LogP contribution in [-0.2, 0) is 4.74 Å². The number of morpholine rings is 1. The van der Waals surface area contributed by atoms with Crippen LogP contribution in [0.5, 0.6) is 0 Å². The molecule has 2 heterocycles. The van der Waals surface area contributed by atoms with Crippen LogP contribution in [0, 0.1) is 5.92 Å². The molecule has 1 saturated heterocycles. The molecule has 0 N–H and O–H groups in total. The fourth-order valence-electron chi connectivity index (χ4n) is 2.51. The molecule has 0 bridgehead atoms. The molecule has 1 unspecified atom stereocenters. The Balaban J connectivity index is 2.16. The Morgan fingerprint density at radius 3 is 2.70 bits per heavy atom. The smallest absolute Gasteiger partial charge is 0.179 e. The number of alkyl halides is 1. The van der Waals surface area contributed by atoms with E-state index in [1.54, 1.807) is 0 Å². The molecule has 0 radical (unpaired) electrons. The van der Waals surface area contributed by atoms with Crippen molar-refractivity contribution in [3.05, 3.63) is 10.7 Å². The zero-order valence-electron chi connectivity index (χ0n) is 12.2. The van der Waals surface area contributed by atoms with Gasteiger partial charge < -0.3 is 9.64 Å². The molecule has 0 aromatic rings. The topological polar surface area (TPSA) is 28.1 Å². The summed E-state index contributed by atoms with van der Waals surface area (Å²) in [6.07, 6.45) is 2.64. The Hall–Kier alpha value is -0.290. The third-order valence-electron chi connectivity index (χ3n) is 3.46. The van der Waals surface area contributed by atoms with Gasteiger partial charge in [-0.3, -0.25) is 9.89 Å². The zero-order valence-corrected chi connectivity index (χ0v) is 13.7. The minimum absolute atomic E-state index is 0.00660. The van der Waals surface area contributed by atoms with Crippen molar-refractivity contribution in [2.75, 3.05) is 38.7 Å². The summed E-state index contributed by atoms with van der Waals surface area (Å²) in [5, 5.41) is 0.797. The van der Waals surface area contributed by atoms with E-state index in [1.165, 1.54) is 0 Å². The van der Waals surface area contributed by atoms with Gasteiger partial charge >= 0.3 is 0 Å². The maximum absolute atomic E-state index is 6.58. The van der Waals surface area contributed by atoms with Gasteiger partial charge in [0.1, 0.15) is 5.16 Å². The van der Waals surface area contributed by atoms with Gasteiger partial charge in [0.2, 0.25) is 0 Å². The number of nitrogens with zero attached hydrogens (tertiary/aromatic N) is 3. The summed E-state index contributed by atoms with van der Waals surface area (Å²) in [6.45, 7) is 8.59. The van der Waals surface area contributed by atoms with Crippen LogP contribution in [0.4, 0.5) is 0 Å². The maximum atomic E-state index is 6.58. The fourth-order valence-corrected chi connectivity index (χ4v) is 3.02. The summed E-state index contributed by atoms with van der Waals surface area (Å²) >= 11 is 12.4. The van der Waals surface area contributed by atoms with Crippen molar-refractivity contribution in [3.63, 3.8) is 0 Å². The minimum atomic E-state index is -0.00660. The number of ether oxygens (including phenoxy) is 1. The van der Waals surface area contributed by atoms with E-state index in [1.807, 2.05) is 6.21 Å². The van der Waals surface area contributed by atoms with Crippen LogP contribution in [0.1, 0.15) is 20.3 Å². The Morgan fingerprint density at radius 2 is 2.10 bits per heavy atom. The molecule has 114 valence electrons. The van der Waals surface area contributed by atoms with Crippen LogP contribution in [0.25, 0.3) is 0 Å². The summed E-state index contributed by atoms with van der Waals surface area (Å²) in [7, 11) is 0. The Kier molecular flexibility index (Phi) is 6.15. The van der Waals surface area contributed by atoms with Crippen LogP contribution in [-0.4, -0.2) is 61.0 Å². The molecule has 2 aliphatic heterocycles. The van der Waals surface area contributed by atoms with E-state index < -0.39 is 0 Å². The second-order valence-corrected chi connectivity index (χ2v) is 6.31. The molecule has 1 fully saturated rings. The number of hydrogen-bond donors (Lipinski definition) is 0. The van der Waals surface area contributed by atoms with Crippen LogP contribution in [0.3, 0.4) is 0 Å². The molecular weight excluding hydrogens is 297 g/mol. The first kappa shape index (κ1) is 16.1. The highest BCUT2D eigenvalue weighted by Crippen LogP contribution is 2.27. The number of allylic oxidation sites excluding steroid dienone is 1. The highest BCUT2D eigenvalue weighted by Gasteiger charge is 2.30. The van der Waals surface area contributed by atoms with Gasteiger partial charge in [-0.25, -0.2) is 0 Å². The van der Waals surface area contributed by atoms with Crippen molar-refractivity contribution < 1.29 is 4.74 Å². The van der Waals surface area contributed by atoms with E-state index in [0.717, 1.165) is 50.0 Å². The van der Waals surface area contributed by atoms with Crippen LogP contribution in [0.2, 0.25) is 0 Å². The molecule has 4 nitrogen and oxygen atoms in total. The Morgan fingerprint density at radius 1 is 1.40 bits per heavy atom. The Labute approximate surface area is 131 Å². The van der Waals surface area contributed by atoms with Gasteiger partial charge in [0.25, 0.3) is 0 Å². The average molecular weight is 320 g/mol. The standard InChI is InChI=1S/C14H23Cl2N3O/c1-11(2)10-19-13(16)12(3-4-15)9-17-14(19)18-5-7-20-8-6-18/h9,11,14H,3-8,10H2,1-2H3. The summed E-state index contributed by atoms with van der Waals surface area (Å²) in [5.41, 5.74) is 1.03. The SMILES string of the molecule is CC(C)CN1C(Cl)=C(CCCl)C=NC1N1CCOCC1. The highest BCUT2D eigenvalue weighted by atomic mass is 35.5. The van der Waals surface area contributed by atoms with Crippen LogP contribution < -0.4 is 0 Å². The van der Waals surface area contributed by atoms with Gasteiger partial charge in [-0.15, -0.1) is 11.6 Å². The predicted octanol–water partition coefficient (Wildman–Crippen LogP) is 2.72. The summed E-state index contributed by atoms with van der Waals surface area (Å²) in [5.74, 6) is 1.09. The van der Waals surface area contributed by atoms with E-state index >= 15 is 0 Å². The molecule has 0 aromatic carbocycles. The number of hydrogen-bond acceptors (Lipinski definition) is 4. The quantitative estimate of drug-likeness (QED) is 0.576. The largest absolute Gasteiger partial charge is 0.379 e. The number of halogens is 2. The zero-order chi connectivity index (χ0) is 14.5. The molecule has 0 spiro atoms. The van der Waals surface area contributed by atoms with Crippen molar-refractivity contribution in [1.29, 1.82) is 0 Å². The molecule has 0 aromatic heterocycles. The average Bonchev–Trinajstić information content (AvgIpc) is 2.44. The van der Waals surface area contributed by atoms with Crippen molar-refractivity contribution in [1.82, 2.24) is 9.80 Å². The van der Waals surface area contributed by atoms with Crippen molar-refractivity contribution in [2.45, 2.75) is 26.6 Å². The van der Waals surface area contributed by atoms with Gasteiger partial charge in [-0.05, 0) is 12.3 Å². The van der Waals surface area contributed by atoms with Gasteiger partial charge in [0, 0.05) is 37.3 Å². The summed E-state index contributed by atoms with van der Waals surface area (Å²) < 4.78 is 5.42. The third kappa shape index (κ3) is 3.88. The Bertz CT molecular complexity index is 379. The van der Waals surface area contributed by atoms with E-state index in [2.05, 4.69) is 23.6 Å². The van der Waals surface area contributed by atoms with E-state index in [0.29, 0.717) is 11.8 Å². The number of aliphatic imine (C=N–C) groups is 1. The lowest BCUT2D eigenvalue weighted by atomic mass is 10.1. The third-order valence-corrected chi connectivity index (χ3v) is 4.11. The lowest BCUT2D eigenvalue weighted by Crippen LogP contribution is -2.52. The second-order valence-electron chi connectivity index (χ2n) is 5.57. The first-order chi connectivity index (χ1) is 9.63. The molecule has 20 heavy (non-hydrogen) atoms. The minimum Gasteiger partial charge on any atom is -0.379 e. The monoisotopic (exact) mass is 319 g/mol. The molecule has 0 aliphatic carbocycles. The first-order valence-electron chi connectivity index (χ1n) is 7.19. The van der Waals surface area contributed by atoms with Crippen LogP contribution in [0.15, 0.2) is 15.7 Å².